The molecule has 1 N–H and O–H groups in total. The number of nitrogens with one attached hydrogen (secondary N) is 1. The monoisotopic (exact) mass is 485 g/mol. The number of rotatable bonds is 5. The van der Waals surface area contributed by atoms with E-state index in [-0.39, 0.29) is 11.5 Å². The zero-order valence-electron chi connectivity index (χ0n) is 19.0. The molecule has 1 unspecified atom stereocenters. The van der Waals surface area contributed by atoms with Gasteiger partial charge in [-0.15, -0.1) is 11.3 Å². The maximum atomic E-state index is 13.1. The first-order chi connectivity index (χ1) is 15.9. The first kappa shape index (κ1) is 23.5. The average Bonchev–Trinajstić information content (AvgIpc) is 3.12. The van der Waals surface area contributed by atoms with Crippen molar-refractivity contribution >= 4 is 50.9 Å². The number of amides is 1. The third-order valence-corrected chi connectivity index (χ3v) is 8.24. The number of thiophene rings is 1. The van der Waals surface area contributed by atoms with Crippen LogP contribution in [0.5, 0.6) is 0 Å². The van der Waals surface area contributed by atoms with Crippen molar-refractivity contribution in [1.29, 1.82) is 0 Å². The van der Waals surface area contributed by atoms with Crippen LogP contribution in [0.25, 0.3) is 10.9 Å². The Morgan fingerprint density at radius 3 is 2.67 bits per heavy atom. The largest absolute Gasteiger partial charge is 0.465 e. The minimum atomic E-state index is -0.528. The van der Waals surface area contributed by atoms with Gasteiger partial charge in [-0.05, 0) is 50.3 Å². The number of methoxy groups -OCH3 is 1. The molecule has 9 heteroatoms. The quantitative estimate of drug-likeness (QED) is 0.324. The van der Waals surface area contributed by atoms with E-state index in [4.69, 9.17) is 4.74 Å². The normalized spacial score (nSPS) is 14.8. The number of para-hydroxylation sites is 1. The highest BCUT2D eigenvalue weighted by Crippen LogP contribution is 2.38. The van der Waals surface area contributed by atoms with E-state index in [1.165, 1.54) is 41.2 Å². The van der Waals surface area contributed by atoms with Gasteiger partial charge in [0.05, 0.1) is 28.8 Å². The van der Waals surface area contributed by atoms with Gasteiger partial charge in [0.15, 0.2) is 5.16 Å². The molecule has 0 aliphatic heterocycles. The zero-order chi connectivity index (χ0) is 23.5. The molecule has 1 amide bonds. The van der Waals surface area contributed by atoms with Gasteiger partial charge >= 0.3 is 5.97 Å². The predicted octanol–water partition coefficient (Wildman–Crippen LogP) is 4.56. The standard InChI is InChI=1S/C24H27N3O4S2/c1-14(32-24-25-17-12-9-8-10-15(17)22(29)27(24)2)20(28)26-21-19(23(30)31-3)16-11-6-4-5-7-13-18(16)33-21/h8-10,12,14H,4-7,11,13H2,1-3H3,(H,26,28). The topological polar surface area (TPSA) is 90.3 Å². The molecule has 0 saturated heterocycles. The number of carbonyl (C=O) groups excluding carboxylic acids is 2. The summed E-state index contributed by atoms with van der Waals surface area (Å²) in [7, 11) is 3.02. The highest BCUT2D eigenvalue weighted by atomic mass is 32.2. The molecule has 33 heavy (non-hydrogen) atoms. The lowest BCUT2D eigenvalue weighted by atomic mass is 9.96. The van der Waals surface area contributed by atoms with Gasteiger partial charge in [-0.1, -0.05) is 36.7 Å². The van der Waals surface area contributed by atoms with E-state index < -0.39 is 11.2 Å². The molecule has 2 heterocycles. The minimum absolute atomic E-state index is 0.151. The number of anilines is 1. The zero-order valence-corrected chi connectivity index (χ0v) is 20.6. The van der Waals surface area contributed by atoms with E-state index in [9.17, 15) is 14.4 Å². The lowest BCUT2D eigenvalue weighted by Crippen LogP contribution is -2.26. The van der Waals surface area contributed by atoms with Crippen molar-refractivity contribution in [2.45, 2.75) is 55.9 Å². The predicted molar refractivity (Wildman–Crippen MR) is 132 cm³/mol. The third kappa shape index (κ3) is 4.84. The van der Waals surface area contributed by atoms with Crippen LogP contribution >= 0.6 is 23.1 Å². The number of esters is 1. The molecule has 0 bridgehead atoms. The summed E-state index contributed by atoms with van der Waals surface area (Å²) in [6, 6.07) is 7.16. The fraction of sp³-hybridized carbons (Fsp3) is 0.417. The second-order valence-corrected chi connectivity index (χ2v) is 10.6. The van der Waals surface area contributed by atoms with Gasteiger partial charge in [0.2, 0.25) is 5.91 Å². The highest BCUT2D eigenvalue weighted by Gasteiger charge is 2.27. The molecule has 0 saturated carbocycles. The van der Waals surface area contributed by atoms with E-state index in [1.807, 2.05) is 6.07 Å². The van der Waals surface area contributed by atoms with Crippen LogP contribution < -0.4 is 10.9 Å². The SMILES string of the molecule is COC(=O)c1c(NC(=O)C(C)Sc2nc3ccccc3c(=O)n2C)sc2c1CCCCCC2. The smallest absolute Gasteiger partial charge is 0.341 e. The Hall–Kier alpha value is -2.65. The number of fused-ring (bicyclic) bond motifs is 2. The van der Waals surface area contributed by atoms with E-state index in [0.29, 0.717) is 26.6 Å². The summed E-state index contributed by atoms with van der Waals surface area (Å²) in [6.45, 7) is 1.77. The number of carbonyl (C=O) groups is 2. The number of aromatic nitrogens is 2. The molecule has 1 aliphatic carbocycles. The van der Waals surface area contributed by atoms with Gasteiger partial charge in [0.25, 0.3) is 5.56 Å². The Morgan fingerprint density at radius 2 is 1.91 bits per heavy atom. The van der Waals surface area contributed by atoms with Gasteiger partial charge in [0.1, 0.15) is 5.00 Å². The van der Waals surface area contributed by atoms with Crippen LogP contribution in [0.4, 0.5) is 5.00 Å². The number of ether oxygens (including phenoxy) is 1. The number of nitrogens with zero attached hydrogens (tertiary/aromatic N) is 2. The van der Waals surface area contributed by atoms with E-state index in [0.717, 1.165) is 42.5 Å². The van der Waals surface area contributed by atoms with Crippen LogP contribution in [0.15, 0.2) is 34.2 Å². The first-order valence-corrected chi connectivity index (χ1v) is 12.8. The second kappa shape index (κ2) is 10.1. The fourth-order valence-corrected chi connectivity index (χ4v) is 6.21. The molecule has 1 aliphatic rings. The summed E-state index contributed by atoms with van der Waals surface area (Å²) in [4.78, 5) is 44.1. The van der Waals surface area contributed by atoms with Crippen LogP contribution in [-0.2, 0) is 29.4 Å². The van der Waals surface area contributed by atoms with Gasteiger partial charge in [-0.3, -0.25) is 14.2 Å². The summed E-state index contributed by atoms with van der Waals surface area (Å²) in [6.07, 6.45) is 6.15. The summed E-state index contributed by atoms with van der Waals surface area (Å²) < 4.78 is 6.51. The lowest BCUT2D eigenvalue weighted by molar-refractivity contribution is -0.115. The first-order valence-electron chi connectivity index (χ1n) is 11.1. The molecular formula is C24H27N3O4S2. The van der Waals surface area contributed by atoms with Gasteiger partial charge < -0.3 is 10.1 Å². The highest BCUT2D eigenvalue weighted by molar-refractivity contribution is 8.00. The molecule has 174 valence electrons. The molecule has 2 aromatic heterocycles. The van der Waals surface area contributed by atoms with Gasteiger partial charge in [-0.25, -0.2) is 9.78 Å². The van der Waals surface area contributed by atoms with Crippen molar-refractivity contribution in [2.24, 2.45) is 7.05 Å². The van der Waals surface area contributed by atoms with Crippen molar-refractivity contribution < 1.29 is 14.3 Å². The molecule has 4 rings (SSSR count). The Labute approximate surface area is 200 Å². The van der Waals surface area contributed by atoms with Gasteiger partial charge in [-0.2, -0.15) is 0 Å². The van der Waals surface area contributed by atoms with Crippen molar-refractivity contribution in [3.05, 3.63) is 50.6 Å². The van der Waals surface area contributed by atoms with Crippen molar-refractivity contribution in [2.75, 3.05) is 12.4 Å². The number of hydrogen-bond acceptors (Lipinski definition) is 7. The lowest BCUT2D eigenvalue weighted by Gasteiger charge is -2.14. The molecule has 7 nitrogen and oxygen atoms in total. The number of hydrogen-bond donors (Lipinski definition) is 1. The molecule has 0 spiro atoms. The Morgan fingerprint density at radius 1 is 1.18 bits per heavy atom. The van der Waals surface area contributed by atoms with Crippen molar-refractivity contribution in [1.82, 2.24) is 9.55 Å². The van der Waals surface area contributed by atoms with Crippen LogP contribution in [0.1, 0.15) is 53.4 Å². The van der Waals surface area contributed by atoms with Crippen LogP contribution in [0.2, 0.25) is 0 Å². The van der Waals surface area contributed by atoms with E-state index in [2.05, 4.69) is 10.3 Å². The molecule has 1 atom stereocenters. The molecular weight excluding hydrogens is 458 g/mol. The fourth-order valence-electron chi connectivity index (χ4n) is 4.05. The third-order valence-electron chi connectivity index (χ3n) is 5.89. The molecule has 3 aromatic rings. The Balaban J connectivity index is 1.59. The summed E-state index contributed by atoms with van der Waals surface area (Å²) >= 11 is 2.69. The number of thioether (sulfide) groups is 1. The second-order valence-electron chi connectivity index (χ2n) is 8.14. The van der Waals surface area contributed by atoms with Crippen molar-refractivity contribution in [3.63, 3.8) is 0 Å². The van der Waals surface area contributed by atoms with Crippen molar-refractivity contribution in [3.8, 4) is 0 Å². The average molecular weight is 486 g/mol. The molecule has 0 fully saturated rings. The molecule has 0 radical (unpaired) electrons. The Kier molecular flexibility index (Phi) is 7.19. The van der Waals surface area contributed by atoms with E-state index in [1.54, 1.807) is 32.2 Å². The maximum Gasteiger partial charge on any atom is 0.341 e. The van der Waals surface area contributed by atoms with E-state index >= 15 is 0 Å². The summed E-state index contributed by atoms with van der Waals surface area (Å²) in [5, 5.41) is 3.98. The van der Waals surface area contributed by atoms with Gasteiger partial charge in [0, 0.05) is 11.9 Å². The summed E-state index contributed by atoms with van der Waals surface area (Å²) in [5.41, 5.74) is 1.95. The maximum absolute atomic E-state index is 13.1. The Bertz CT molecular complexity index is 1260. The number of aryl methyl sites for hydroxylation is 1. The minimum Gasteiger partial charge on any atom is -0.465 e. The summed E-state index contributed by atoms with van der Waals surface area (Å²) in [5.74, 6) is -0.663. The molecule has 1 aromatic carbocycles. The van der Waals surface area contributed by atoms with Crippen LogP contribution in [0.3, 0.4) is 0 Å². The van der Waals surface area contributed by atoms with Crippen LogP contribution in [-0.4, -0.2) is 33.8 Å². The number of benzene rings is 1. The van der Waals surface area contributed by atoms with Crippen LogP contribution in [0, 0.1) is 0 Å².